The lowest BCUT2D eigenvalue weighted by Crippen LogP contribution is -2.28. The monoisotopic (exact) mass is 237 g/mol. The summed E-state index contributed by atoms with van der Waals surface area (Å²) in [6.45, 7) is 2.37. The minimum absolute atomic E-state index is 0.525. The maximum atomic E-state index is 8.69. The second kappa shape index (κ2) is 4.67. The number of nitrogens with zero attached hydrogens (tertiary/aromatic N) is 2. The summed E-state index contributed by atoms with van der Waals surface area (Å²) in [6, 6.07) is 10.6. The van der Waals surface area contributed by atoms with Crippen LogP contribution in [-0.2, 0) is 0 Å². The Morgan fingerprint density at radius 1 is 1.33 bits per heavy atom. The third-order valence-corrected chi connectivity index (χ3v) is 3.52. The van der Waals surface area contributed by atoms with Crippen LogP contribution in [0.15, 0.2) is 36.5 Å². The summed E-state index contributed by atoms with van der Waals surface area (Å²) >= 11 is 0. The molecule has 1 aromatic heterocycles. The lowest BCUT2D eigenvalue weighted by Gasteiger charge is -2.23. The van der Waals surface area contributed by atoms with Crippen LogP contribution >= 0.6 is 0 Å². The summed E-state index contributed by atoms with van der Waals surface area (Å²) in [7, 11) is 0. The molecule has 1 aromatic carbocycles. The van der Waals surface area contributed by atoms with E-state index in [1.54, 1.807) is 0 Å². The molecule has 18 heavy (non-hydrogen) atoms. The molecule has 1 aliphatic rings. The Labute approximate surface area is 106 Å². The number of aromatic nitrogens is 1. The Bertz CT molecular complexity index is 630. The fourth-order valence-electron chi connectivity index (χ4n) is 2.54. The van der Waals surface area contributed by atoms with Crippen LogP contribution in [0.5, 0.6) is 0 Å². The molecule has 0 atom stereocenters. The highest BCUT2D eigenvalue weighted by molar-refractivity contribution is 5.92. The highest BCUT2D eigenvalue weighted by Crippen LogP contribution is 2.28. The minimum atomic E-state index is 0.525. The van der Waals surface area contributed by atoms with Gasteiger partial charge in [-0.2, -0.15) is 5.26 Å². The van der Waals surface area contributed by atoms with Gasteiger partial charge in [0.05, 0.1) is 12.6 Å². The van der Waals surface area contributed by atoms with E-state index >= 15 is 0 Å². The van der Waals surface area contributed by atoms with Crippen LogP contribution in [0.4, 0.5) is 0 Å². The molecule has 2 heterocycles. The van der Waals surface area contributed by atoms with Crippen molar-refractivity contribution in [3.63, 3.8) is 0 Å². The Morgan fingerprint density at radius 3 is 3.00 bits per heavy atom. The van der Waals surface area contributed by atoms with Crippen LogP contribution in [0.3, 0.4) is 0 Å². The highest BCUT2D eigenvalue weighted by Gasteiger charge is 2.14. The SMILES string of the molecule is N#CCN1CC=C(c2c[nH]c3ccccc23)CC1. The van der Waals surface area contributed by atoms with Crippen molar-refractivity contribution in [1.29, 1.82) is 5.26 Å². The lowest BCUT2D eigenvalue weighted by molar-refractivity contribution is 0.338. The van der Waals surface area contributed by atoms with E-state index in [2.05, 4.69) is 46.4 Å². The zero-order chi connectivity index (χ0) is 12.4. The molecule has 0 saturated heterocycles. The summed E-state index contributed by atoms with van der Waals surface area (Å²) in [5.41, 5.74) is 3.89. The zero-order valence-corrected chi connectivity index (χ0v) is 10.2. The number of hydrogen-bond donors (Lipinski definition) is 1. The molecule has 0 amide bonds. The van der Waals surface area contributed by atoms with Crippen LogP contribution in [0.1, 0.15) is 12.0 Å². The molecule has 90 valence electrons. The first-order valence-electron chi connectivity index (χ1n) is 6.23. The Balaban J connectivity index is 1.90. The fraction of sp³-hybridized carbons (Fsp3) is 0.267. The first kappa shape index (κ1) is 11.1. The number of rotatable bonds is 2. The predicted molar refractivity (Wildman–Crippen MR) is 72.9 cm³/mol. The van der Waals surface area contributed by atoms with E-state index in [9.17, 15) is 0 Å². The van der Waals surface area contributed by atoms with Crippen molar-refractivity contribution in [3.8, 4) is 6.07 Å². The number of fused-ring (bicyclic) bond motifs is 1. The molecule has 1 aliphatic heterocycles. The average molecular weight is 237 g/mol. The number of benzene rings is 1. The van der Waals surface area contributed by atoms with Gasteiger partial charge in [-0.05, 0) is 18.1 Å². The minimum Gasteiger partial charge on any atom is -0.361 e. The number of para-hydroxylation sites is 1. The molecule has 1 N–H and O–H groups in total. The van der Waals surface area contributed by atoms with Crippen molar-refractivity contribution in [2.24, 2.45) is 0 Å². The molecule has 0 aliphatic carbocycles. The molecule has 3 heteroatoms. The topological polar surface area (TPSA) is 42.8 Å². The van der Waals surface area contributed by atoms with Gasteiger partial charge in [0.2, 0.25) is 0 Å². The van der Waals surface area contributed by atoms with E-state index in [1.165, 1.54) is 22.0 Å². The van der Waals surface area contributed by atoms with Gasteiger partial charge in [0.1, 0.15) is 0 Å². The van der Waals surface area contributed by atoms with E-state index in [1.807, 2.05) is 6.07 Å². The average Bonchev–Trinajstić information content (AvgIpc) is 2.84. The van der Waals surface area contributed by atoms with E-state index < -0.39 is 0 Å². The molecule has 0 radical (unpaired) electrons. The van der Waals surface area contributed by atoms with Crippen molar-refractivity contribution < 1.29 is 0 Å². The number of hydrogen-bond acceptors (Lipinski definition) is 2. The van der Waals surface area contributed by atoms with Crippen LogP contribution in [-0.4, -0.2) is 29.5 Å². The Morgan fingerprint density at radius 2 is 2.22 bits per heavy atom. The largest absolute Gasteiger partial charge is 0.361 e. The van der Waals surface area contributed by atoms with Crippen molar-refractivity contribution in [2.45, 2.75) is 6.42 Å². The Hall–Kier alpha value is -2.05. The molecule has 3 rings (SSSR count). The van der Waals surface area contributed by atoms with Gasteiger partial charge < -0.3 is 4.98 Å². The third-order valence-electron chi connectivity index (χ3n) is 3.52. The van der Waals surface area contributed by atoms with Gasteiger partial charge >= 0.3 is 0 Å². The van der Waals surface area contributed by atoms with Crippen LogP contribution in [0.2, 0.25) is 0 Å². The van der Waals surface area contributed by atoms with Crippen molar-refractivity contribution >= 4 is 16.5 Å². The van der Waals surface area contributed by atoms with Crippen LogP contribution < -0.4 is 0 Å². The molecule has 0 bridgehead atoms. The third kappa shape index (κ3) is 1.92. The smallest absolute Gasteiger partial charge is 0.0868 e. The quantitative estimate of drug-likeness (QED) is 0.816. The van der Waals surface area contributed by atoms with E-state index in [4.69, 9.17) is 5.26 Å². The second-order valence-electron chi connectivity index (χ2n) is 4.62. The van der Waals surface area contributed by atoms with E-state index in [-0.39, 0.29) is 0 Å². The Kier molecular flexibility index (Phi) is 2.87. The number of aromatic amines is 1. The van der Waals surface area contributed by atoms with Gasteiger partial charge in [-0.25, -0.2) is 0 Å². The van der Waals surface area contributed by atoms with Gasteiger partial charge in [0.25, 0.3) is 0 Å². The maximum absolute atomic E-state index is 8.69. The van der Waals surface area contributed by atoms with Crippen LogP contribution in [0, 0.1) is 11.3 Å². The molecular weight excluding hydrogens is 222 g/mol. The summed E-state index contributed by atoms with van der Waals surface area (Å²) in [5, 5.41) is 9.98. The summed E-state index contributed by atoms with van der Waals surface area (Å²) in [5.74, 6) is 0. The van der Waals surface area contributed by atoms with Crippen molar-refractivity contribution in [1.82, 2.24) is 9.88 Å². The second-order valence-corrected chi connectivity index (χ2v) is 4.62. The predicted octanol–water partition coefficient (Wildman–Crippen LogP) is 2.78. The van der Waals surface area contributed by atoms with Crippen molar-refractivity contribution in [2.75, 3.05) is 19.6 Å². The first-order valence-corrected chi connectivity index (χ1v) is 6.23. The van der Waals surface area contributed by atoms with Gasteiger partial charge in [0.15, 0.2) is 0 Å². The molecular formula is C15H15N3. The number of H-pyrrole nitrogens is 1. The highest BCUT2D eigenvalue weighted by atomic mass is 15.1. The zero-order valence-electron chi connectivity index (χ0n) is 10.2. The number of nitrogens with one attached hydrogen (secondary N) is 1. The standard InChI is InChI=1S/C15H15N3/c16-7-10-18-8-5-12(6-9-18)14-11-17-15-4-2-1-3-13(14)15/h1-5,11,17H,6,8-10H2. The van der Waals surface area contributed by atoms with Gasteiger partial charge in [0, 0.05) is 35.8 Å². The fourth-order valence-corrected chi connectivity index (χ4v) is 2.54. The van der Waals surface area contributed by atoms with Crippen LogP contribution in [0.25, 0.3) is 16.5 Å². The summed E-state index contributed by atoms with van der Waals surface area (Å²) in [6.07, 6.45) is 5.36. The molecule has 3 nitrogen and oxygen atoms in total. The number of nitriles is 1. The maximum Gasteiger partial charge on any atom is 0.0868 e. The molecule has 0 fully saturated rings. The van der Waals surface area contributed by atoms with Crippen molar-refractivity contribution in [3.05, 3.63) is 42.1 Å². The molecule has 0 saturated carbocycles. The molecule has 0 spiro atoms. The summed E-state index contributed by atoms with van der Waals surface area (Å²) < 4.78 is 0. The summed E-state index contributed by atoms with van der Waals surface area (Å²) in [4.78, 5) is 5.48. The molecule has 2 aromatic rings. The van der Waals surface area contributed by atoms with E-state index in [0.717, 1.165) is 19.5 Å². The lowest BCUT2D eigenvalue weighted by atomic mass is 9.99. The van der Waals surface area contributed by atoms with Gasteiger partial charge in [-0.1, -0.05) is 24.3 Å². The van der Waals surface area contributed by atoms with E-state index in [0.29, 0.717) is 6.54 Å². The van der Waals surface area contributed by atoms with Gasteiger partial charge in [-0.15, -0.1) is 0 Å². The van der Waals surface area contributed by atoms with Gasteiger partial charge in [-0.3, -0.25) is 4.90 Å². The normalized spacial score (nSPS) is 16.5. The molecule has 0 unspecified atom stereocenters. The first-order chi connectivity index (χ1) is 8.88.